The zero-order valence-corrected chi connectivity index (χ0v) is 15.0. The van der Waals surface area contributed by atoms with Gasteiger partial charge in [-0.25, -0.2) is 0 Å². The lowest BCUT2D eigenvalue weighted by Crippen LogP contribution is -2.47. The second-order valence-electron chi connectivity index (χ2n) is 7.75. The second kappa shape index (κ2) is 7.97. The number of hydrogen-bond donors (Lipinski definition) is 1. The van der Waals surface area contributed by atoms with Gasteiger partial charge in [0.25, 0.3) is 0 Å². The van der Waals surface area contributed by atoms with E-state index in [9.17, 15) is 0 Å². The number of likely N-dealkylation sites (tertiary alicyclic amines) is 1. The average molecular weight is 295 g/mol. The first kappa shape index (κ1) is 17.3. The SMILES string of the molecule is CCC1CCC(NC)C(CN2CCC(CC)(CC)CC2)C1. The van der Waals surface area contributed by atoms with E-state index in [1.807, 2.05) is 0 Å². The molecule has 2 heteroatoms. The third-order valence-electron chi connectivity index (χ3n) is 6.95. The minimum Gasteiger partial charge on any atom is -0.317 e. The molecule has 124 valence electrons. The van der Waals surface area contributed by atoms with Crippen molar-refractivity contribution in [2.24, 2.45) is 17.3 Å². The van der Waals surface area contributed by atoms with Crippen LogP contribution in [0.15, 0.2) is 0 Å². The van der Waals surface area contributed by atoms with Crippen LogP contribution >= 0.6 is 0 Å². The smallest absolute Gasteiger partial charge is 0.0105 e. The van der Waals surface area contributed by atoms with E-state index in [4.69, 9.17) is 0 Å². The van der Waals surface area contributed by atoms with Crippen LogP contribution in [0.4, 0.5) is 0 Å². The molecule has 0 spiro atoms. The maximum atomic E-state index is 3.60. The molecule has 1 saturated carbocycles. The fourth-order valence-electron chi connectivity index (χ4n) is 4.81. The largest absolute Gasteiger partial charge is 0.317 e. The Bertz CT molecular complexity index is 288. The fourth-order valence-corrected chi connectivity index (χ4v) is 4.81. The van der Waals surface area contributed by atoms with Crippen LogP contribution in [0.2, 0.25) is 0 Å². The first-order valence-electron chi connectivity index (χ1n) is 9.56. The monoisotopic (exact) mass is 294 g/mol. The molecule has 0 aromatic rings. The fraction of sp³-hybridized carbons (Fsp3) is 1.00. The van der Waals surface area contributed by atoms with E-state index in [1.165, 1.54) is 71.0 Å². The summed E-state index contributed by atoms with van der Waals surface area (Å²) in [4.78, 5) is 2.77. The quantitative estimate of drug-likeness (QED) is 0.785. The molecule has 2 nitrogen and oxygen atoms in total. The zero-order chi connectivity index (χ0) is 15.3. The number of piperidine rings is 1. The Morgan fingerprint density at radius 3 is 2.24 bits per heavy atom. The van der Waals surface area contributed by atoms with Crippen LogP contribution in [0.3, 0.4) is 0 Å². The van der Waals surface area contributed by atoms with Crippen molar-refractivity contribution in [2.45, 2.75) is 78.2 Å². The van der Waals surface area contributed by atoms with Gasteiger partial charge in [-0.05, 0) is 69.5 Å². The van der Waals surface area contributed by atoms with Gasteiger partial charge >= 0.3 is 0 Å². The average Bonchev–Trinajstić information content (AvgIpc) is 2.55. The molecule has 21 heavy (non-hydrogen) atoms. The highest BCUT2D eigenvalue weighted by molar-refractivity contribution is 4.89. The van der Waals surface area contributed by atoms with E-state index >= 15 is 0 Å². The van der Waals surface area contributed by atoms with Gasteiger partial charge in [0.2, 0.25) is 0 Å². The standard InChI is InChI=1S/C19H38N2/c1-5-16-8-9-18(20-4)17(14-16)15-21-12-10-19(6-2,7-3)11-13-21/h16-18,20H,5-15H2,1-4H3. The highest BCUT2D eigenvalue weighted by Gasteiger charge is 2.34. The Labute approximate surface area is 133 Å². The molecular formula is C19H38N2. The van der Waals surface area contributed by atoms with Gasteiger partial charge in [-0.1, -0.05) is 40.0 Å². The predicted molar refractivity (Wildman–Crippen MR) is 92.7 cm³/mol. The summed E-state index contributed by atoms with van der Waals surface area (Å²) in [5.41, 5.74) is 0.664. The van der Waals surface area contributed by atoms with Crippen LogP contribution in [-0.2, 0) is 0 Å². The highest BCUT2D eigenvalue weighted by Crippen LogP contribution is 2.39. The molecule has 1 aliphatic heterocycles. The summed E-state index contributed by atoms with van der Waals surface area (Å²) >= 11 is 0. The van der Waals surface area contributed by atoms with E-state index in [0.717, 1.165) is 17.9 Å². The Morgan fingerprint density at radius 2 is 1.71 bits per heavy atom. The lowest BCUT2D eigenvalue weighted by molar-refractivity contribution is 0.0662. The molecule has 0 aromatic carbocycles. The molecule has 3 unspecified atom stereocenters. The third-order valence-corrected chi connectivity index (χ3v) is 6.95. The summed E-state index contributed by atoms with van der Waals surface area (Å²) in [7, 11) is 2.17. The third kappa shape index (κ3) is 4.22. The van der Waals surface area contributed by atoms with Crippen LogP contribution in [0, 0.1) is 17.3 Å². The molecule has 2 fully saturated rings. The molecule has 0 bridgehead atoms. The zero-order valence-electron chi connectivity index (χ0n) is 15.0. The molecule has 0 aromatic heterocycles. The molecule has 1 saturated heterocycles. The van der Waals surface area contributed by atoms with E-state index < -0.39 is 0 Å². The van der Waals surface area contributed by atoms with Crippen LogP contribution in [0.5, 0.6) is 0 Å². The molecule has 3 atom stereocenters. The minimum absolute atomic E-state index is 0.664. The van der Waals surface area contributed by atoms with Crippen molar-refractivity contribution in [3.8, 4) is 0 Å². The van der Waals surface area contributed by atoms with Gasteiger partial charge in [0.05, 0.1) is 0 Å². The summed E-state index contributed by atoms with van der Waals surface area (Å²) in [5, 5.41) is 3.60. The summed E-state index contributed by atoms with van der Waals surface area (Å²) in [5.74, 6) is 1.86. The lowest BCUT2D eigenvalue weighted by atomic mass is 9.73. The predicted octanol–water partition coefficient (Wildman–Crippen LogP) is 4.30. The van der Waals surface area contributed by atoms with Gasteiger partial charge in [0, 0.05) is 12.6 Å². The van der Waals surface area contributed by atoms with Gasteiger partial charge in [-0.2, -0.15) is 0 Å². The molecule has 1 N–H and O–H groups in total. The van der Waals surface area contributed by atoms with Gasteiger partial charge in [0.15, 0.2) is 0 Å². The summed E-state index contributed by atoms with van der Waals surface area (Å²) in [6.45, 7) is 11.2. The Morgan fingerprint density at radius 1 is 1.05 bits per heavy atom. The summed E-state index contributed by atoms with van der Waals surface area (Å²) in [6.07, 6.45) is 11.2. The molecule has 1 heterocycles. The van der Waals surface area contributed by atoms with E-state index in [2.05, 4.69) is 38.0 Å². The van der Waals surface area contributed by atoms with Gasteiger partial charge in [-0.3, -0.25) is 0 Å². The van der Waals surface area contributed by atoms with Crippen molar-refractivity contribution in [1.82, 2.24) is 10.2 Å². The Hall–Kier alpha value is -0.0800. The number of rotatable bonds is 6. The highest BCUT2D eigenvalue weighted by atomic mass is 15.1. The molecule has 2 aliphatic rings. The van der Waals surface area contributed by atoms with Crippen molar-refractivity contribution >= 4 is 0 Å². The number of nitrogens with one attached hydrogen (secondary N) is 1. The van der Waals surface area contributed by atoms with E-state index in [1.54, 1.807) is 0 Å². The topological polar surface area (TPSA) is 15.3 Å². The second-order valence-corrected chi connectivity index (χ2v) is 7.75. The van der Waals surface area contributed by atoms with Crippen molar-refractivity contribution in [1.29, 1.82) is 0 Å². The van der Waals surface area contributed by atoms with E-state index in [0.29, 0.717) is 5.41 Å². The molecule has 2 rings (SSSR count). The van der Waals surface area contributed by atoms with E-state index in [-0.39, 0.29) is 0 Å². The van der Waals surface area contributed by atoms with Gasteiger partial charge < -0.3 is 10.2 Å². The lowest BCUT2D eigenvalue weighted by Gasteiger charge is -2.44. The van der Waals surface area contributed by atoms with Crippen LogP contribution < -0.4 is 5.32 Å². The van der Waals surface area contributed by atoms with Crippen LogP contribution in [0.1, 0.15) is 72.1 Å². The van der Waals surface area contributed by atoms with Gasteiger partial charge in [-0.15, -0.1) is 0 Å². The van der Waals surface area contributed by atoms with Crippen molar-refractivity contribution in [3.05, 3.63) is 0 Å². The molecular weight excluding hydrogens is 256 g/mol. The van der Waals surface area contributed by atoms with Crippen LogP contribution in [-0.4, -0.2) is 37.6 Å². The summed E-state index contributed by atoms with van der Waals surface area (Å²) < 4.78 is 0. The molecule has 0 radical (unpaired) electrons. The van der Waals surface area contributed by atoms with Gasteiger partial charge in [0.1, 0.15) is 0 Å². The van der Waals surface area contributed by atoms with Crippen molar-refractivity contribution in [3.63, 3.8) is 0 Å². The maximum absolute atomic E-state index is 3.60. The normalized spacial score (nSPS) is 34.0. The first-order valence-corrected chi connectivity index (χ1v) is 9.56. The minimum atomic E-state index is 0.664. The van der Waals surface area contributed by atoms with Crippen molar-refractivity contribution in [2.75, 3.05) is 26.7 Å². The molecule has 1 aliphatic carbocycles. The van der Waals surface area contributed by atoms with Crippen molar-refractivity contribution < 1.29 is 0 Å². The maximum Gasteiger partial charge on any atom is 0.0105 e. The first-order chi connectivity index (χ1) is 10.2. The number of hydrogen-bond acceptors (Lipinski definition) is 2. The molecule has 0 amide bonds. The summed E-state index contributed by atoms with van der Waals surface area (Å²) in [6, 6.07) is 0.761. The Kier molecular flexibility index (Phi) is 6.55. The van der Waals surface area contributed by atoms with Crippen LogP contribution in [0.25, 0.3) is 0 Å². The Balaban J connectivity index is 1.86. The number of nitrogens with zero attached hydrogens (tertiary/aromatic N) is 1.